The van der Waals surface area contributed by atoms with Crippen LogP contribution in [0.1, 0.15) is 5.82 Å². The molecule has 0 amide bonds. The van der Waals surface area contributed by atoms with Gasteiger partial charge in [0.05, 0.1) is 17.4 Å². The van der Waals surface area contributed by atoms with Gasteiger partial charge in [0.1, 0.15) is 0 Å². The molecule has 2 atom stereocenters. The summed E-state index contributed by atoms with van der Waals surface area (Å²) in [4.78, 5) is 29.8. The number of aliphatic imine (C=N–C) groups is 1. The molecule has 0 saturated carbocycles. The molecule has 6 heteroatoms. The average Bonchev–Trinajstić information content (AvgIpc) is 3.24. The summed E-state index contributed by atoms with van der Waals surface area (Å²) in [6.45, 7) is 0. The molecule has 52 heavy (non-hydrogen) atoms. The number of benzene rings is 5. The molecule has 2 unspecified atom stereocenters. The monoisotopic (exact) mass is 668 g/mol. The molecule has 7 aromatic rings. The van der Waals surface area contributed by atoms with E-state index in [1.54, 1.807) is 0 Å². The Morgan fingerprint density at radius 3 is 1.48 bits per heavy atom. The van der Waals surface area contributed by atoms with Gasteiger partial charge in [-0.1, -0.05) is 158 Å². The number of aromatic nitrogens is 5. The summed E-state index contributed by atoms with van der Waals surface area (Å²) in [5, 5.41) is 0. The summed E-state index contributed by atoms with van der Waals surface area (Å²) in [5.41, 5.74) is 9.54. The normalized spacial score (nSPS) is 16.0. The lowest BCUT2D eigenvalue weighted by Crippen LogP contribution is -2.19. The Labute approximate surface area is 302 Å². The zero-order valence-corrected chi connectivity index (χ0v) is 28.2. The molecule has 0 N–H and O–H groups in total. The summed E-state index contributed by atoms with van der Waals surface area (Å²) in [7, 11) is 0. The first-order valence-electron chi connectivity index (χ1n) is 17.4. The van der Waals surface area contributed by atoms with Crippen LogP contribution >= 0.6 is 0 Å². The zero-order chi connectivity index (χ0) is 34.7. The van der Waals surface area contributed by atoms with Crippen molar-refractivity contribution in [1.82, 2.24) is 24.9 Å². The summed E-state index contributed by atoms with van der Waals surface area (Å²) >= 11 is 0. The molecule has 246 valence electrons. The van der Waals surface area contributed by atoms with Crippen LogP contribution in [0, 0.1) is 5.92 Å². The Kier molecular flexibility index (Phi) is 8.23. The zero-order valence-electron chi connectivity index (χ0n) is 28.2. The van der Waals surface area contributed by atoms with E-state index in [1.807, 2.05) is 85.1 Å². The second-order valence-electron chi connectivity index (χ2n) is 12.8. The van der Waals surface area contributed by atoms with E-state index < -0.39 is 0 Å². The molecule has 3 heterocycles. The molecule has 2 aliphatic rings. The molecule has 1 aliphatic carbocycles. The molecular formula is C46H32N6. The van der Waals surface area contributed by atoms with Gasteiger partial charge < -0.3 is 0 Å². The van der Waals surface area contributed by atoms with Crippen LogP contribution in [0.15, 0.2) is 181 Å². The van der Waals surface area contributed by atoms with E-state index in [1.165, 1.54) is 0 Å². The van der Waals surface area contributed by atoms with Gasteiger partial charge in [-0.2, -0.15) is 0 Å². The van der Waals surface area contributed by atoms with Crippen LogP contribution in [-0.4, -0.2) is 37.2 Å². The fourth-order valence-corrected chi connectivity index (χ4v) is 6.58. The second kappa shape index (κ2) is 13.8. The third-order valence-corrected chi connectivity index (χ3v) is 9.27. The number of dihydropyridines is 1. The van der Waals surface area contributed by atoms with Gasteiger partial charge in [0.2, 0.25) is 0 Å². The maximum absolute atomic E-state index is 5.13. The second-order valence-corrected chi connectivity index (χ2v) is 12.8. The molecule has 6 nitrogen and oxygen atoms in total. The first kappa shape index (κ1) is 31.1. The number of allylic oxidation sites excluding steroid dienone is 3. The largest absolute Gasteiger partial charge is 0.284 e. The van der Waals surface area contributed by atoms with Crippen molar-refractivity contribution < 1.29 is 0 Å². The maximum atomic E-state index is 5.13. The molecule has 0 spiro atoms. The Balaban J connectivity index is 1.11. The maximum Gasteiger partial charge on any atom is 0.164 e. The minimum absolute atomic E-state index is 0.116. The van der Waals surface area contributed by atoms with Gasteiger partial charge in [-0.05, 0) is 29.3 Å². The van der Waals surface area contributed by atoms with E-state index in [9.17, 15) is 0 Å². The molecule has 5 aromatic carbocycles. The molecule has 0 bridgehead atoms. The molecule has 1 aliphatic heterocycles. The van der Waals surface area contributed by atoms with Crippen LogP contribution in [0.5, 0.6) is 0 Å². The van der Waals surface area contributed by atoms with Gasteiger partial charge in [-0.15, -0.1) is 0 Å². The molecular weight excluding hydrogens is 637 g/mol. The molecule has 0 saturated heterocycles. The van der Waals surface area contributed by atoms with Crippen LogP contribution in [-0.2, 0) is 0 Å². The number of hydrogen-bond acceptors (Lipinski definition) is 6. The minimum atomic E-state index is 0.116. The lowest BCUT2D eigenvalue weighted by atomic mass is 9.91. The van der Waals surface area contributed by atoms with E-state index in [-0.39, 0.29) is 12.0 Å². The Bertz CT molecular complexity index is 2460. The molecule has 0 radical (unpaired) electrons. The predicted octanol–water partition coefficient (Wildman–Crippen LogP) is 10.2. The summed E-state index contributed by atoms with van der Waals surface area (Å²) in [6, 6.07) is 49.4. The summed E-state index contributed by atoms with van der Waals surface area (Å²) in [5.74, 6) is 2.73. The Hall–Kier alpha value is -6.92. The first-order chi connectivity index (χ1) is 25.7. The Morgan fingerprint density at radius 2 is 0.846 bits per heavy atom. The highest BCUT2D eigenvalue weighted by Crippen LogP contribution is 2.33. The third kappa shape index (κ3) is 6.41. The molecule has 2 aromatic heterocycles. The number of nitrogens with zero attached hydrogens (tertiary/aromatic N) is 6. The first-order valence-corrected chi connectivity index (χ1v) is 17.4. The van der Waals surface area contributed by atoms with Crippen molar-refractivity contribution in [3.8, 4) is 67.8 Å². The number of rotatable bonds is 7. The minimum Gasteiger partial charge on any atom is -0.284 e. The van der Waals surface area contributed by atoms with Gasteiger partial charge in [0.15, 0.2) is 23.3 Å². The highest BCUT2D eigenvalue weighted by Gasteiger charge is 2.22. The lowest BCUT2D eigenvalue weighted by molar-refractivity contribution is 0.685. The van der Waals surface area contributed by atoms with Crippen molar-refractivity contribution in [2.24, 2.45) is 10.9 Å². The molecule has 9 rings (SSSR count). The predicted molar refractivity (Wildman–Crippen MR) is 210 cm³/mol. The van der Waals surface area contributed by atoms with Crippen LogP contribution < -0.4 is 0 Å². The van der Waals surface area contributed by atoms with Crippen molar-refractivity contribution in [1.29, 1.82) is 0 Å². The van der Waals surface area contributed by atoms with E-state index in [2.05, 4.69) is 97.1 Å². The highest BCUT2D eigenvalue weighted by molar-refractivity contribution is 6.09. The SMILES string of the molecule is C1=CC2C=C(c3nc(-c4ccccc4)cc(-c4cccc(-c5cccc(-c6nc(-c7ccccc7)nc(-c7ccccc7)n6)c5)c4)n3)C=NC2C=C1. The van der Waals surface area contributed by atoms with Gasteiger partial charge in [0.25, 0.3) is 0 Å². The number of hydrogen-bond donors (Lipinski definition) is 0. The van der Waals surface area contributed by atoms with E-state index in [4.69, 9.17) is 29.9 Å². The van der Waals surface area contributed by atoms with Crippen LogP contribution in [0.3, 0.4) is 0 Å². The van der Waals surface area contributed by atoms with E-state index >= 15 is 0 Å². The van der Waals surface area contributed by atoms with Gasteiger partial charge in [-0.25, -0.2) is 24.9 Å². The summed E-state index contributed by atoms with van der Waals surface area (Å²) in [6.07, 6.45) is 12.6. The van der Waals surface area contributed by atoms with Gasteiger partial charge in [-0.3, -0.25) is 4.99 Å². The summed E-state index contributed by atoms with van der Waals surface area (Å²) < 4.78 is 0. The quantitative estimate of drug-likeness (QED) is 0.169. The fourth-order valence-electron chi connectivity index (χ4n) is 6.58. The standard InChI is InChI=1S/C46H32N6/c1-4-14-31(15-5-1)41-29-42(49-46(48-41)39-28-36-20-10-11-25-40(36)47-30-39)37-23-12-21-34(26-37)35-22-13-24-38(27-35)45-51-43(32-16-6-2-7-17-32)50-44(52-45)33-18-8-3-9-19-33/h1-30,36,40H. The van der Waals surface area contributed by atoms with Crippen molar-refractivity contribution >= 4 is 11.8 Å². The van der Waals surface area contributed by atoms with E-state index in [0.717, 1.165) is 55.9 Å². The van der Waals surface area contributed by atoms with Crippen LogP contribution in [0.25, 0.3) is 73.4 Å². The van der Waals surface area contributed by atoms with Crippen LogP contribution in [0.2, 0.25) is 0 Å². The topological polar surface area (TPSA) is 76.8 Å². The van der Waals surface area contributed by atoms with Crippen molar-refractivity contribution in [3.05, 3.63) is 182 Å². The third-order valence-electron chi connectivity index (χ3n) is 9.27. The highest BCUT2D eigenvalue weighted by atomic mass is 15.0. The lowest BCUT2D eigenvalue weighted by Gasteiger charge is -2.22. The van der Waals surface area contributed by atoms with Crippen molar-refractivity contribution in [2.75, 3.05) is 0 Å². The molecule has 0 fully saturated rings. The average molecular weight is 669 g/mol. The van der Waals surface area contributed by atoms with Gasteiger partial charge >= 0.3 is 0 Å². The van der Waals surface area contributed by atoms with E-state index in [0.29, 0.717) is 23.3 Å². The van der Waals surface area contributed by atoms with Crippen LogP contribution in [0.4, 0.5) is 0 Å². The fraction of sp³-hybridized carbons (Fsp3) is 0.0435. The smallest absolute Gasteiger partial charge is 0.164 e. The number of fused-ring (bicyclic) bond motifs is 1. The van der Waals surface area contributed by atoms with Crippen molar-refractivity contribution in [2.45, 2.75) is 6.04 Å². The van der Waals surface area contributed by atoms with Gasteiger partial charge in [0, 0.05) is 45.5 Å². The van der Waals surface area contributed by atoms with Crippen molar-refractivity contribution in [3.63, 3.8) is 0 Å². The Morgan fingerprint density at radius 1 is 0.365 bits per heavy atom.